The quantitative estimate of drug-likeness (QED) is 0.804. The Morgan fingerprint density at radius 1 is 1.31 bits per heavy atom. The van der Waals surface area contributed by atoms with Crippen LogP contribution in [0.3, 0.4) is 0 Å². The first kappa shape index (κ1) is 10.2. The van der Waals surface area contributed by atoms with Gasteiger partial charge in [-0.05, 0) is 19.1 Å². The number of aromatic carboxylic acids is 1. The minimum absolute atomic E-state index is 0.201. The number of carbonyl (C=O) groups is 1. The largest absolute Gasteiger partial charge is 0.478 e. The highest BCUT2D eigenvalue weighted by molar-refractivity contribution is 5.88. The van der Waals surface area contributed by atoms with Gasteiger partial charge in [0.1, 0.15) is 0 Å². The van der Waals surface area contributed by atoms with E-state index in [0.29, 0.717) is 16.8 Å². The molecule has 0 fully saturated rings. The van der Waals surface area contributed by atoms with Crippen LogP contribution in [0.25, 0.3) is 11.3 Å². The second-order valence-electron chi connectivity index (χ2n) is 3.37. The van der Waals surface area contributed by atoms with Crippen LogP contribution in [-0.4, -0.2) is 16.2 Å². The second kappa shape index (κ2) is 3.69. The van der Waals surface area contributed by atoms with Crippen molar-refractivity contribution in [3.63, 3.8) is 0 Å². The molecule has 0 bridgehead atoms. The van der Waals surface area contributed by atoms with E-state index in [2.05, 4.69) is 9.68 Å². The molecule has 5 nitrogen and oxygen atoms in total. The predicted octanol–water partition coefficient (Wildman–Crippen LogP) is 1.64. The molecule has 2 rings (SSSR count). The molecule has 1 aromatic heterocycles. The molecule has 16 heavy (non-hydrogen) atoms. The van der Waals surface area contributed by atoms with E-state index in [1.165, 1.54) is 12.1 Å². The summed E-state index contributed by atoms with van der Waals surface area (Å²) in [5, 5.41) is 11.2. The number of rotatable bonds is 2. The first-order valence-electron chi connectivity index (χ1n) is 4.61. The summed E-state index contributed by atoms with van der Waals surface area (Å²) in [5.74, 6) is -0.982. The molecule has 2 aromatic rings. The lowest BCUT2D eigenvalue weighted by molar-refractivity contribution is 0.0697. The van der Waals surface area contributed by atoms with Gasteiger partial charge < -0.3 is 9.63 Å². The van der Waals surface area contributed by atoms with E-state index < -0.39 is 11.6 Å². The maximum atomic E-state index is 11.1. The highest BCUT2D eigenvalue weighted by Gasteiger charge is 2.10. The van der Waals surface area contributed by atoms with Crippen molar-refractivity contribution in [1.29, 1.82) is 0 Å². The van der Waals surface area contributed by atoms with Gasteiger partial charge in [0.25, 0.3) is 0 Å². The maximum Gasteiger partial charge on any atom is 0.360 e. The summed E-state index contributed by atoms with van der Waals surface area (Å²) in [5.41, 5.74) is 1.54. The zero-order chi connectivity index (χ0) is 11.7. The zero-order valence-corrected chi connectivity index (χ0v) is 8.48. The molecule has 0 aliphatic heterocycles. The Morgan fingerprint density at radius 2 is 1.94 bits per heavy atom. The molecule has 5 heteroatoms. The van der Waals surface area contributed by atoms with Crippen LogP contribution >= 0.6 is 0 Å². The van der Waals surface area contributed by atoms with Crippen LogP contribution in [0.15, 0.2) is 33.6 Å². The van der Waals surface area contributed by atoms with Crippen LogP contribution in [0.1, 0.15) is 15.9 Å². The number of hydrogen-bond acceptors (Lipinski definition) is 3. The highest BCUT2D eigenvalue weighted by atomic mass is 16.5. The molecule has 0 atom stereocenters. The van der Waals surface area contributed by atoms with Crippen LogP contribution in [-0.2, 0) is 0 Å². The van der Waals surface area contributed by atoms with Crippen molar-refractivity contribution >= 4 is 5.97 Å². The number of benzene rings is 1. The van der Waals surface area contributed by atoms with E-state index in [4.69, 9.17) is 5.11 Å². The van der Waals surface area contributed by atoms with Gasteiger partial charge in [-0.2, -0.15) is 0 Å². The van der Waals surface area contributed by atoms with E-state index in [9.17, 15) is 9.59 Å². The molecule has 0 radical (unpaired) electrons. The normalized spacial score (nSPS) is 10.3. The van der Waals surface area contributed by atoms with Gasteiger partial charge in [0.15, 0.2) is 0 Å². The Kier molecular flexibility index (Phi) is 2.36. The van der Waals surface area contributed by atoms with Crippen LogP contribution in [0.2, 0.25) is 0 Å². The van der Waals surface area contributed by atoms with Crippen LogP contribution in [0, 0.1) is 6.92 Å². The number of H-pyrrole nitrogens is 1. The van der Waals surface area contributed by atoms with E-state index in [0.717, 1.165) is 0 Å². The summed E-state index contributed by atoms with van der Waals surface area (Å²) in [6.07, 6.45) is 0. The molecular formula is C11H9NO4. The lowest BCUT2D eigenvalue weighted by Crippen LogP contribution is -1.97. The minimum atomic E-state index is -0.982. The standard InChI is InChI=1S/C11H9NO4/c1-6-9(12-16-11(6)15)7-2-4-8(5-3-7)10(13)14/h2-5,12H,1H3,(H,13,14). The van der Waals surface area contributed by atoms with Crippen molar-refractivity contribution in [1.82, 2.24) is 5.16 Å². The van der Waals surface area contributed by atoms with Crippen molar-refractivity contribution < 1.29 is 14.4 Å². The van der Waals surface area contributed by atoms with Crippen molar-refractivity contribution in [2.45, 2.75) is 6.92 Å². The number of aromatic nitrogens is 1. The van der Waals surface area contributed by atoms with Crippen molar-refractivity contribution in [3.05, 3.63) is 45.8 Å². The van der Waals surface area contributed by atoms with Gasteiger partial charge in [-0.3, -0.25) is 0 Å². The third kappa shape index (κ3) is 1.63. The minimum Gasteiger partial charge on any atom is -0.478 e. The van der Waals surface area contributed by atoms with E-state index in [1.54, 1.807) is 19.1 Å². The summed E-state index contributed by atoms with van der Waals surface area (Å²) in [6.45, 7) is 1.64. The highest BCUT2D eigenvalue weighted by Crippen LogP contribution is 2.19. The fourth-order valence-corrected chi connectivity index (χ4v) is 1.41. The van der Waals surface area contributed by atoms with E-state index in [-0.39, 0.29) is 5.56 Å². The average molecular weight is 219 g/mol. The molecule has 0 spiro atoms. The van der Waals surface area contributed by atoms with Gasteiger partial charge in [-0.25, -0.2) is 14.7 Å². The number of carboxylic acids is 1. The third-order valence-corrected chi connectivity index (χ3v) is 2.35. The topological polar surface area (TPSA) is 83.3 Å². The zero-order valence-electron chi connectivity index (χ0n) is 8.48. The van der Waals surface area contributed by atoms with Gasteiger partial charge >= 0.3 is 11.6 Å². The van der Waals surface area contributed by atoms with Gasteiger partial charge in [0, 0.05) is 5.56 Å². The molecule has 1 aromatic carbocycles. The third-order valence-electron chi connectivity index (χ3n) is 2.35. The Morgan fingerprint density at radius 3 is 2.38 bits per heavy atom. The summed E-state index contributed by atoms with van der Waals surface area (Å²) in [6, 6.07) is 6.19. The van der Waals surface area contributed by atoms with Crippen LogP contribution in [0.5, 0.6) is 0 Å². The Bertz CT molecular complexity index is 577. The molecule has 0 unspecified atom stereocenters. The smallest absolute Gasteiger partial charge is 0.360 e. The van der Waals surface area contributed by atoms with Crippen LogP contribution < -0.4 is 5.63 Å². The van der Waals surface area contributed by atoms with Gasteiger partial charge in [0.05, 0.1) is 16.8 Å². The maximum absolute atomic E-state index is 11.1. The monoisotopic (exact) mass is 219 g/mol. The number of carboxylic acid groups (broad SMARTS) is 1. The van der Waals surface area contributed by atoms with Crippen molar-refractivity contribution in [2.75, 3.05) is 0 Å². The Balaban J connectivity index is 2.46. The SMILES string of the molecule is Cc1c(-c2ccc(C(=O)O)cc2)[nH]oc1=O. The molecule has 1 heterocycles. The van der Waals surface area contributed by atoms with Crippen LogP contribution in [0.4, 0.5) is 0 Å². The molecule has 2 N–H and O–H groups in total. The Labute approximate surface area is 90.3 Å². The average Bonchev–Trinajstić information content (AvgIpc) is 2.60. The molecule has 0 saturated heterocycles. The number of hydrogen-bond donors (Lipinski definition) is 2. The molecule has 0 amide bonds. The summed E-state index contributed by atoms with van der Waals surface area (Å²) in [7, 11) is 0. The van der Waals surface area contributed by atoms with E-state index in [1.807, 2.05) is 0 Å². The first-order chi connectivity index (χ1) is 7.59. The molecule has 0 saturated carbocycles. The summed E-state index contributed by atoms with van der Waals surface area (Å²) in [4.78, 5) is 21.7. The fraction of sp³-hybridized carbons (Fsp3) is 0.0909. The number of aromatic amines is 1. The molecule has 0 aliphatic carbocycles. The lowest BCUT2D eigenvalue weighted by Gasteiger charge is -1.99. The van der Waals surface area contributed by atoms with E-state index >= 15 is 0 Å². The fourth-order valence-electron chi connectivity index (χ4n) is 1.41. The molecule has 82 valence electrons. The molecule has 0 aliphatic rings. The summed E-state index contributed by atoms with van der Waals surface area (Å²) >= 11 is 0. The van der Waals surface area contributed by atoms with Crippen molar-refractivity contribution in [3.8, 4) is 11.3 Å². The van der Waals surface area contributed by atoms with Gasteiger partial charge in [-0.1, -0.05) is 12.1 Å². The first-order valence-corrected chi connectivity index (χ1v) is 4.61. The number of nitrogens with one attached hydrogen (secondary N) is 1. The van der Waals surface area contributed by atoms with Crippen molar-refractivity contribution in [2.24, 2.45) is 0 Å². The lowest BCUT2D eigenvalue weighted by atomic mass is 10.1. The second-order valence-corrected chi connectivity index (χ2v) is 3.37. The summed E-state index contributed by atoms with van der Waals surface area (Å²) < 4.78 is 4.63. The predicted molar refractivity (Wildman–Crippen MR) is 56.5 cm³/mol. The molecular weight excluding hydrogens is 210 g/mol. The van der Waals surface area contributed by atoms with Gasteiger partial charge in [-0.15, -0.1) is 0 Å². The van der Waals surface area contributed by atoms with Gasteiger partial charge in [0.2, 0.25) is 0 Å². The Hall–Kier alpha value is -2.30.